The van der Waals surface area contributed by atoms with E-state index in [-0.39, 0.29) is 11.8 Å². The third-order valence-electron chi connectivity index (χ3n) is 2.96. The Morgan fingerprint density at radius 2 is 1.91 bits per heavy atom. The minimum Gasteiger partial charge on any atom is -0.383 e. The van der Waals surface area contributed by atoms with Gasteiger partial charge in [0.2, 0.25) is 5.01 Å². The van der Waals surface area contributed by atoms with Crippen molar-refractivity contribution >= 4 is 28.8 Å². The molecule has 2 N–H and O–H groups in total. The van der Waals surface area contributed by atoms with Crippen LogP contribution in [-0.4, -0.2) is 42.3 Å². The monoisotopic (exact) mass is 334 g/mol. The summed E-state index contributed by atoms with van der Waals surface area (Å²) in [5.74, 6) is -0.490. The fourth-order valence-corrected chi connectivity index (χ4v) is 2.42. The van der Waals surface area contributed by atoms with Crippen molar-refractivity contribution in [3.05, 3.63) is 39.8 Å². The van der Waals surface area contributed by atoms with E-state index < -0.39 is 0 Å². The van der Waals surface area contributed by atoms with Gasteiger partial charge >= 0.3 is 0 Å². The van der Waals surface area contributed by atoms with E-state index in [0.717, 1.165) is 11.4 Å². The van der Waals surface area contributed by atoms with Gasteiger partial charge in [0, 0.05) is 24.9 Å². The number of ether oxygens (including phenoxy) is 1. The van der Waals surface area contributed by atoms with Gasteiger partial charge in [-0.3, -0.25) is 9.59 Å². The first-order valence-electron chi connectivity index (χ1n) is 7.15. The van der Waals surface area contributed by atoms with Crippen molar-refractivity contribution in [2.24, 2.45) is 0 Å². The molecule has 2 aromatic rings. The van der Waals surface area contributed by atoms with Gasteiger partial charge in [0.25, 0.3) is 11.8 Å². The molecule has 0 aliphatic heterocycles. The molecule has 2 amide bonds. The predicted octanol–water partition coefficient (Wildman–Crippen LogP) is 1.73. The van der Waals surface area contributed by atoms with E-state index in [4.69, 9.17) is 4.74 Å². The Bertz CT molecular complexity index is 670. The highest BCUT2D eigenvalue weighted by Crippen LogP contribution is 2.14. The molecule has 0 saturated heterocycles. The van der Waals surface area contributed by atoms with Crippen molar-refractivity contribution in [3.8, 4) is 0 Å². The average Bonchev–Trinajstić information content (AvgIpc) is 3.05. The molecule has 0 spiro atoms. The lowest BCUT2D eigenvalue weighted by atomic mass is 10.2. The van der Waals surface area contributed by atoms with Crippen LogP contribution in [0.15, 0.2) is 24.3 Å². The van der Waals surface area contributed by atoms with Gasteiger partial charge in [-0.05, 0) is 30.7 Å². The lowest BCUT2D eigenvalue weighted by molar-refractivity contribution is 0.0936. The summed E-state index contributed by atoms with van der Waals surface area (Å²) in [5.41, 5.74) is 1.11. The van der Waals surface area contributed by atoms with Crippen molar-refractivity contribution < 1.29 is 14.3 Å². The summed E-state index contributed by atoms with van der Waals surface area (Å²) in [7, 11) is 1.57. The summed E-state index contributed by atoms with van der Waals surface area (Å²) in [6.07, 6.45) is 0.748. The summed E-state index contributed by atoms with van der Waals surface area (Å²) >= 11 is 1.27. The second-order valence-electron chi connectivity index (χ2n) is 4.63. The Morgan fingerprint density at radius 3 is 2.52 bits per heavy atom. The molecule has 122 valence electrons. The van der Waals surface area contributed by atoms with Crippen LogP contribution in [0.1, 0.15) is 32.1 Å². The van der Waals surface area contributed by atoms with Gasteiger partial charge in [0.1, 0.15) is 5.01 Å². The molecule has 7 nitrogen and oxygen atoms in total. The number of carbonyl (C=O) groups is 2. The van der Waals surface area contributed by atoms with E-state index in [1.807, 2.05) is 6.92 Å². The second kappa shape index (κ2) is 8.35. The number of carbonyl (C=O) groups excluding carboxylic acids is 2. The maximum atomic E-state index is 12.0. The molecule has 0 atom stereocenters. The highest BCUT2D eigenvalue weighted by atomic mass is 32.1. The van der Waals surface area contributed by atoms with Crippen molar-refractivity contribution in [2.45, 2.75) is 13.3 Å². The molecule has 1 aromatic heterocycles. The summed E-state index contributed by atoms with van der Waals surface area (Å²) in [4.78, 5) is 23.9. The Labute approximate surface area is 138 Å². The number of nitrogens with zero attached hydrogens (tertiary/aromatic N) is 2. The Hall–Kier alpha value is -2.32. The molecule has 23 heavy (non-hydrogen) atoms. The highest BCUT2D eigenvalue weighted by molar-refractivity contribution is 7.13. The van der Waals surface area contributed by atoms with Crippen LogP contribution in [0.4, 0.5) is 5.69 Å². The third kappa shape index (κ3) is 4.83. The van der Waals surface area contributed by atoms with Crippen LogP contribution >= 0.6 is 11.3 Å². The molecule has 0 fully saturated rings. The third-order valence-corrected chi connectivity index (χ3v) is 4.03. The number of aryl methyl sites for hydroxylation is 1. The molecule has 1 aromatic carbocycles. The van der Waals surface area contributed by atoms with Crippen LogP contribution in [0, 0.1) is 0 Å². The molecule has 0 bridgehead atoms. The SMILES string of the molecule is CCc1nnc(C(=O)Nc2ccc(C(=O)NCCOC)cc2)s1. The van der Waals surface area contributed by atoms with Gasteiger partial charge in [-0.2, -0.15) is 0 Å². The first-order chi connectivity index (χ1) is 11.1. The van der Waals surface area contributed by atoms with Gasteiger partial charge in [0.15, 0.2) is 0 Å². The number of rotatable bonds is 7. The molecule has 0 aliphatic carbocycles. The summed E-state index contributed by atoms with van der Waals surface area (Å²) < 4.78 is 4.87. The first-order valence-corrected chi connectivity index (χ1v) is 7.96. The Morgan fingerprint density at radius 1 is 1.17 bits per heavy atom. The number of aromatic nitrogens is 2. The van der Waals surface area contributed by atoms with Gasteiger partial charge in [0.05, 0.1) is 6.61 Å². The van der Waals surface area contributed by atoms with Crippen LogP contribution in [0.2, 0.25) is 0 Å². The van der Waals surface area contributed by atoms with Crippen molar-refractivity contribution in [3.63, 3.8) is 0 Å². The van der Waals surface area contributed by atoms with Crippen molar-refractivity contribution in [2.75, 3.05) is 25.6 Å². The molecule has 0 saturated carbocycles. The number of hydrogen-bond acceptors (Lipinski definition) is 6. The predicted molar refractivity (Wildman–Crippen MR) is 87.9 cm³/mol. The zero-order valence-corrected chi connectivity index (χ0v) is 13.8. The zero-order chi connectivity index (χ0) is 16.7. The van der Waals surface area contributed by atoms with Gasteiger partial charge in [-0.1, -0.05) is 18.3 Å². The smallest absolute Gasteiger partial charge is 0.286 e. The van der Waals surface area contributed by atoms with E-state index in [1.165, 1.54) is 11.3 Å². The van der Waals surface area contributed by atoms with E-state index in [0.29, 0.717) is 29.4 Å². The maximum Gasteiger partial charge on any atom is 0.286 e. The maximum absolute atomic E-state index is 12.0. The molecule has 1 heterocycles. The highest BCUT2D eigenvalue weighted by Gasteiger charge is 2.12. The van der Waals surface area contributed by atoms with Crippen LogP contribution in [0.25, 0.3) is 0 Å². The van der Waals surface area contributed by atoms with E-state index in [2.05, 4.69) is 20.8 Å². The van der Waals surface area contributed by atoms with E-state index >= 15 is 0 Å². The quantitative estimate of drug-likeness (QED) is 0.752. The fraction of sp³-hybridized carbons (Fsp3) is 0.333. The fourth-order valence-electron chi connectivity index (χ4n) is 1.75. The van der Waals surface area contributed by atoms with Crippen LogP contribution < -0.4 is 10.6 Å². The Balaban J connectivity index is 1.94. The van der Waals surface area contributed by atoms with Gasteiger partial charge in [-0.25, -0.2) is 0 Å². The number of amides is 2. The molecule has 0 radical (unpaired) electrons. The second-order valence-corrected chi connectivity index (χ2v) is 5.70. The lowest BCUT2D eigenvalue weighted by Crippen LogP contribution is -2.26. The van der Waals surface area contributed by atoms with Crippen molar-refractivity contribution in [1.29, 1.82) is 0 Å². The normalized spacial score (nSPS) is 10.3. The van der Waals surface area contributed by atoms with E-state index in [9.17, 15) is 9.59 Å². The van der Waals surface area contributed by atoms with Gasteiger partial charge in [-0.15, -0.1) is 10.2 Å². The molecular weight excluding hydrogens is 316 g/mol. The van der Waals surface area contributed by atoms with Crippen LogP contribution in [0.3, 0.4) is 0 Å². The molecular formula is C15H18N4O3S. The Kier molecular flexibility index (Phi) is 6.19. The number of hydrogen-bond donors (Lipinski definition) is 2. The topological polar surface area (TPSA) is 93.2 Å². The van der Waals surface area contributed by atoms with E-state index in [1.54, 1.807) is 31.4 Å². The number of anilines is 1. The molecule has 0 aliphatic rings. The number of nitrogens with one attached hydrogen (secondary N) is 2. The van der Waals surface area contributed by atoms with Crippen LogP contribution in [0.5, 0.6) is 0 Å². The van der Waals surface area contributed by atoms with Crippen LogP contribution in [-0.2, 0) is 11.2 Å². The minimum absolute atomic E-state index is 0.184. The number of benzene rings is 1. The summed E-state index contributed by atoms with van der Waals surface area (Å²) in [5, 5.41) is 14.4. The molecule has 0 unspecified atom stereocenters. The lowest BCUT2D eigenvalue weighted by Gasteiger charge is -2.06. The first kappa shape index (κ1) is 17.0. The van der Waals surface area contributed by atoms with Gasteiger partial charge < -0.3 is 15.4 Å². The average molecular weight is 334 g/mol. The zero-order valence-electron chi connectivity index (χ0n) is 13.0. The molecule has 2 rings (SSSR count). The number of methoxy groups -OCH3 is 1. The largest absolute Gasteiger partial charge is 0.383 e. The standard InChI is InChI=1S/C15H18N4O3S/c1-3-12-18-19-15(23-12)14(21)17-11-6-4-10(5-7-11)13(20)16-8-9-22-2/h4-7H,3,8-9H2,1-2H3,(H,16,20)(H,17,21). The summed E-state index contributed by atoms with van der Waals surface area (Å²) in [6, 6.07) is 6.64. The molecule has 8 heteroatoms. The minimum atomic E-state index is -0.306. The van der Waals surface area contributed by atoms with Crippen molar-refractivity contribution in [1.82, 2.24) is 15.5 Å². The summed E-state index contributed by atoms with van der Waals surface area (Å²) in [6.45, 7) is 2.87.